The van der Waals surface area contributed by atoms with E-state index in [1.807, 2.05) is 22.8 Å². The summed E-state index contributed by atoms with van der Waals surface area (Å²) in [4.78, 5) is 17.4. The van der Waals surface area contributed by atoms with Crippen molar-refractivity contribution in [1.29, 1.82) is 0 Å². The van der Waals surface area contributed by atoms with Gasteiger partial charge < -0.3 is 10.0 Å². The predicted octanol–water partition coefficient (Wildman–Crippen LogP) is 1.94. The van der Waals surface area contributed by atoms with Gasteiger partial charge in [0.05, 0.1) is 11.4 Å². The number of rotatable bonds is 1. The molecule has 3 aliphatic rings. The van der Waals surface area contributed by atoms with E-state index in [1.54, 1.807) is 6.33 Å². The van der Waals surface area contributed by atoms with Crippen LogP contribution >= 0.6 is 0 Å². The number of nitrogens with zero attached hydrogens (tertiary/aromatic N) is 3. The topological polar surface area (TPSA) is 58.4 Å². The molecule has 0 amide bonds. The van der Waals surface area contributed by atoms with E-state index in [0.717, 1.165) is 24.4 Å². The van der Waals surface area contributed by atoms with Crippen molar-refractivity contribution in [2.45, 2.75) is 6.42 Å². The third kappa shape index (κ3) is 1.29. The summed E-state index contributed by atoms with van der Waals surface area (Å²) < 4.78 is 1.88. The van der Waals surface area contributed by atoms with E-state index in [9.17, 15) is 9.90 Å². The van der Waals surface area contributed by atoms with Crippen LogP contribution in [0.1, 0.15) is 22.6 Å². The summed E-state index contributed by atoms with van der Waals surface area (Å²) in [5, 5.41) is 9.27. The Bertz CT molecular complexity index is 719. The van der Waals surface area contributed by atoms with Crippen molar-refractivity contribution in [3.05, 3.63) is 53.8 Å². The van der Waals surface area contributed by atoms with Crippen LogP contribution in [0, 0.1) is 0 Å². The lowest BCUT2D eigenvalue weighted by atomic mass is 10.0. The van der Waals surface area contributed by atoms with Gasteiger partial charge in [-0.3, -0.25) is 4.57 Å². The summed E-state index contributed by atoms with van der Waals surface area (Å²) >= 11 is 0. The zero-order chi connectivity index (χ0) is 13.0. The number of hydrogen-bond donors (Lipinski definition) is 1. The number of carboxylic acid groups (broad SMARTS) is 1. The van der Waals surface area contributed by atoms with Crippen LogP contribution in [0.15, 0.2) is 42.4 Å². The third-order valence-corrected chi connectivity index (χ3v) is 3.63. The highest BCUT2D eigenvalue weighted by Crippen LogP contribution is 2.38. The van der Waals surface area contributed by atoms with E-state index in [1.165, 1.54) is 5.57 Å². The summed E-state index contributed by atoms with van der Waals surface area (Å²) in [5.74, 6) is -0.989. The molecule has 0 atom stereocenters. The lowest BCUT2D eigenvalue weighted by Crippen LogP contribution is -2.26. The maximum absolute atomic E-state index is 11.3. The van der Waals surface area contributed by atoms with Gasteiger partial charge in [0.1, 0.15) is 12.0 Å². The van der Waals surface area contributed by atoms with E-state index in [0.29, 0.717) is 5.69 Å². The van der Waals surface area contributed by atoms with Gasteiger partial charge in [0.15, 0.2) is 5.69 Å². The standard InChI is InChI=1S/C14H11N3O2/c18-14(19)12-13-11-5-6-16(11)7-9-3-1-2-4-10(9)17(13)8-15-12/h1-2,4-5,7-8H,3,6H2,(H,18,19). The van der Waals surface area contributed by atoms with Gasteiger partial charge >= 0.3 is 5.97 Å². The monoisotopic (exact) mass is 253 g/mol. The zero-order valence-electron chi connectivity index (χ0n) is 10.1. The maximum Gasteiger partial charge on any atom is 0.356 e. The fraction of sp³-hybridized carbons (Fsp3) is 0.143. The predicted molar refractivity (Wildman–Crippen MR) is 70.0 cm³/mol. The van der Waals surface area contributed by atoms with Gasteiger partial charge in [-0.05, 0) is 24.1 Å². The average Bonchev–Trinajstić information content (AvgIpc) is 2.76. The fourth-order valence-corrected chi connectivity index (χ4v) is 2.68. The van der Waals surface area contributed by atoms with Crippen LogP contribution in [0.4, 0.5) is 0 Å². The Morgan fingerprint density at radius 2 is 2.26 bits per heavy atom. The van der Waals surface area contributed by atoms with Crippen molar-refractivity contribution in [3.63, 3.8) is 0 Å². The molecule has 0 radical (unpaired) electrons. The molecular formula is C14H11N3O2. The Morgan fingerprint density at radius 3 is 3.00 bits per heavy atom. The number of allylic oxidation sites excluding steroid dienone is 5. The number of aromatic carboxylic acids is 1. The summed E-state index contributed by atoms with van der Waals surface area (Å²) in [6.45, 7) is 0.820. The molecule has 5 nitrogen and oxygen atoms in total. The van der Waals surface area contributed by atoms with Crippen LogP contribution in [0.2, 0.25) is 0 Å². The van der Waals surface area contributed by atoms with Crippen LogP contribution in [-0.4, -0.2) is 32.1 Å². The molecule has 0 bridgehead atoms. The van der Waals surface area contributed by atoms with Crippen molar-refractivity contribution in [1.82, 2.24) is 14.5 Å². The smallest absolute Gasteiger partial charge is 0.356 e. The molecule has 0 saturated carbocycles. The first-order chi connectivity index (χ1) is 9.25. The number of imidazole rings is 1. The maximum atomic E-state index is 11.3. The minimum atomic E-state index is -0.989. The molecular weight excluding hydrogens is 242 g/mol. The highest BCUT2D eigenvalue weighted by Gasteiger charge is 2.31. The lowest BCUT2D eigenvalue weighted by Gasteiger charge is -2.29. The van der Waals surface area contributed by atoms with Crippen LogP contribution in [0.3, 0.4) is 0 Å². The molecule has 0 aromatic carbocycles. The molecule has 5 heteroatoms. The third-order valence-electron chi connectivity index (χ3n) is 3.63. The van der Waals surface area contributed by atoms with Gasteiger partial charge in [0, 0.05) is 12.7 Å². The molecule has 94 valence electrons. The molecule has 4 rings (SSSR count). The quantitative estimate of drug-likeness (QED) is 0.831. The Labute approximate surface area is 109 Å². The number of aromatic nitrogens is 2. The molecule has 19 heavy (non-hydrogen) atoms. The van der Waals surface area contributed by atoms with Crippen molar-refractivity contribution < 1.29 is 9.90 Å². The first-order valence-corrected chi connectivity index (χ1v) is 6.12. The minimum Gasteiger partial charge on any atom is -0.476 e. The van der Waals surface area contributed by atoms with Crippen LogP contribution in [0.25, 0.3) is 11.4 Å². The molecule has 0 saturated heterocycles. The van der Waals surface area contributed by atoms with Gasteiger partial charge in [0.2, 0.25) is 0 Å². The van der Waals surface area contributed by atoms with E-state index >= 15 is 0 Å². The number of carbonyl (C=O) groups is 1. The molecule has 1 N–H and O–H groups in total. The molecule has 1 aliphatic carbocycles. The van der Waals surface area contributed by atoms with Gasteiger partial charge in [-0.25, -0.2) is 9.78 Å². The molecule has 0 fully saturated rings. The number of fused-ring (bicyclic) bond motifs is 5. The Morgan fingerprint density at radius 1 is 1.37 bits per heavy atom. The number of hydrogen-bond acceptors (Lipinski definition) is 3. The normalized spacial score (nSPS) is 19.2. The average molecular weight is 253 g/mol. The fourth-order valence-electron chi connectivity index (χ4n) is 2.68. The van der Waals surface area contributed by atoms with Gasteiger partial charge in [0.25, 0.3) is 0 Å². The largest absolute Gasteiger partial charge is 0.476 e. The van der Waals surface area contributed by atoms with Gasteiger partial charge in [-0.2, -0.15) is 0 Å². The van der Waals surface area contributed by atoms with Crippen molar-refractivity contribution in [2.24, 2.45) is 0 Å². The molecule has 1 aromatic heterocycles. The van der Waals surface area contributed by atoms with E-state index in [2.05, 4.69) is 22.2 Å². The molecule has 0 unspecified atom stereocenters. The van der Waals surface area contributed by atoms with Crippen molar-refractivity contribution >= 4 is 17.4 Å². The molecule has 2 aliphatic heterocycles. The van der Waals surface area contributed by atoms with Crippen molar-refractivity contribution in [2.75, 3.05) is 6.54 Å². The SMILES string of the molecule is O=C(O)c1ncn2c1C1=CCN1C=C1CC=CC=C12. The first-order valence-electron chi connectivity index (χ1n) is 6.12. The highest BCUT2D eigenvalue weighted by molar-refractivity contribution is 5.94. The molecule has 3 heterocycles. The summed E-state index contributed by atoms with van der Waals surface area (Å²) in [5.41, 5.74) is 3.90. The number of carboxylic acids is 1. The first kappa shape index (κ1) is 10.4. The van der Waals surface area contributed by atoms with E-state index in [4.69, 9.17) is 0 Å². The van der Waals surface area contributed by atoms with E-state index < -0.39 is 5.97 Å². The second-order valence-corrected chi connectivity index (χ2v) is 4.70. The van der Waals surface area contributed by atoms with Crippen LogP contribution < -0.4 is 0 Å². The van der Waals surface area contributed by atoms with Crippen LogP contribution in [0.5, 0.6) is 0 Å². The Balaban J connectivity index is 2.02. The Hall–Kier alpha value is -2.56. The zero-order valence-corrected chi connectivity index (χ0v) is 10.1. The van der Waals surface area contributed by atoms with E-state index in [-0.39, 0.29) is 5.69 Å². The minimum absolute atomic E-state index is 0.112. The summed E-state index contributed by atoms with van der Waals surface area (Å²) in [6.07, 6.45) is 12.7. The van der Waals surface area contributed by atoms with Gasteiger partial charge in [-0.1, -0.05) is 12.2 Å². The van der Waals surface area contributed by atoms with Gasteiger partial charge in [-0.15, -0.1) is 0 Å². The molecule has 0 spiro atoms. The summed E-state index contributed by atoms with van der Waals surface area (Å²) in [6, 6.07) is 0. The second-order valence-electron chi connectivity index (χ2n) is 4.70. The van der Waals surface area contributed by atoms with Crippen molar-refractivity contribution in [3.8, 4) is 0 Å². The Kier molecular flexibility index (Phi) is 1.90. The highest BCUT2D eigenvalue weighted by atomic mass is 16.4. The second kappa shape index (κ2) is 3.47. The summed E-state index contributed by atoms with van der Waals surface area (Å²) in [7, 11) is 0. The lowest BCUT2D eigenvalue weighted by molar-refractivity contribution is 0.0690. The molecule has 1 aromatic rings. The van der Waals surface area contributed by atoms with Crippen LogP contribution in [-0.2, 0) is 0 Å².